The van der Waals surface area contributed by atoms with Gasteiger partial charge in [0, 0.05) is 25.5 Å². The summed E-state index contributed by atoms with van der Waals surface area (Å²) in [4.78, 5) is 59.1. The van der Waals surface area contributed by atoms with E-state index in [-0.39, 0.29) is 18.2 Å². The number of rotatable bonds is 8. The summed E-state index contributed by atoms with van der Waals surface area (Å²) in [5, 5.41) is 25.5. The maximum absolute atomic E-state index is 13.8. The number of aryl methyl sites for hydroxylation is 2. The van der Waals surface area contributed by atoms with Crippen LogP contribution in [0, 0.1) is 13.8 Å². The number of hydrogen-bond donors (Lipinski definition) is 3. The zero-order chi connectivity index (χ0) is 29.2. The highest BCUT2D eigenvalue weighted by molar-refractivity contribution is 6.08. The molecule has 3 amide bonds. The fourth-order valence-corrected chi connectivity index (χ4v) is 5.10. The third kappa shape index (κ3) is 5.53. The summed E-state index contributed by atoms with van der Waals surface area (Å²) in [5.41, 5.74) is -0.635. The van der Waals surface area contributed by atoms with E-state index in [4.69, 9.17) is 4.74 Å². The number of carbonyl (C=O) groups is 4. The minimum absolute atomic E-state index is 0.0631. The van der Waals surface area contributed by atoms with Crippen molar-refractivity contribution in [1.29, 1.82) is 0 Å². The molecule has 1 unspecified atom stereocenters. The zero-order valence-electron chi connectivity index (χ0n) is 23.0. The van der Waals surface area contributed by atoms with Crippen LogP contribution in [0.3, 0.4) is 0 Å². The second kappa shape index (κ2) is 11.7. The first kappa shape index (κ1) is 29.1. The summed E-state index contributed by atoms with van der Waals surface area (Å²) < 4.78 is 6.00. The summed E-state index contributed by atoms with van der Waals surface area (Å²) in [6.45, 7) is 7.03. The Morgan fingerprint density at radius 2 is 1.77 bits per heavy atom. The molecule has 0 saturated carbocycles. The van der Waals surface area contributed by atoms with Gasteiger partial charge in [0.05, 0.1) is 0 Å². The molecule has 0 aliphatic carbocycles. The second-order valence-corrected chi connectivity index (χ2v) is 10.2. The summed E-state index contributed by atoms with van der Waals surface area (Å²) >= 11 is 0. The van der Waals surface area contributed by atoms with E-state index >= 15 is 0 Å². The van der Waals surface area contributed by atoms with Crippen molar-refractivity contribution in [3.05, 3.63) is 70.8 Å². The highest BCUT2D eigenvalue weighted by Crippen LogP contribution is 2.39. The number of benzene rings is 2. The van der Waals surface area contributed by atoms with Crippen molar-refractivity contribution in [2.75, 3.05) is 13.2 Å². The lowest BCUT2D eigenvalue weighted by molar-refractivity contribution is -0.149. The van der Waals surface area contributed by atoms with Crippen LogP contribution in [-0.2, 0) is 14.3 Å². The summed E-state index contributed by atoms with van der Waals surface area (Å²) in [6.07, 6.45) is -4.42. The molecule has 2 aromatic carbocycles. The van der Waals surface area contributed by atoms with Gasteiger partial charge in [0.15, 0.2) is 23.3 Å². The van der Waals surface area contributed by atoms with Gasteiger partial charge in [0.2, 0.25) is 11.9 Å². The molecule has 2 aliphatic heterocycles. The van der Waals surface area contributed by atoms with Gasteiger partial charge in [-0.1, -0.05) is 55.5 Å². The van der Waals surface area contributed by atoms with Crippen molar-refractivity contribution in [3.8, 4) is 0 Å². The molecule has 4 rings (SSSR count). The number of ether oxygens (including phenoxy) is 1. The molecule has 40 heavy (non-hydrogen) atoms. The average molecular weight is 551 g/mol. The second-order valence-electron chi connectivity index (χ2n) is 10.2. The highest BCUT2D eigenvalue weighted by atomic mass is 16.5. The number of ketones is 2. The van der Waals surface area contributed by atoms with E-state index in [0.717, 1.165) is 0 Å². The van der Waals surface area contributed by atoms with Crippen LogP contribution in [0.4, 0.5) is 4.79 Å². The van der Waals surface area contributed by atoms with E-state index < -0.39 is 54.0 Å². The largest absolute Gasteiger partial charge is 0.380 e. The quantitative estimate of drug-likeness (QED) is 0.424. The van der Waals surface area contributed by atoms with E-state index in [1.54, 1.807) is 67.3 Å². The van der Waals surface area contributed by atoms with E-state index in [1.807, 2.05) is 6.92 Å². The van der Waals surface area contributed by atoms with Gasteiger partial charge in [-0.25, -0.2) is 4.79 Å². The molecule has 1 fully saturated rings. The Morgan fingerprint density at radius 1 is 1.12 bits per heavy atom. The SMILES string of the molecule is CCCN1CN([C@H]2C[C@@](O)(C(=O)c3ccccc3C)[C@@H](C(=O)C(O)c3ccccc3C)O2)C(=O)N=C1NC(C)=O. The Labute approximate surface area is 232 Å². The maximum atomic E-state index is 13.8. The van der Waals surface area contributed by atoms with Gasteiger partial charge in [-0.3, -0.25) is 24.6 Å². The van der Waals surface area contributed by atoms with Crippen molar-refractivity contribution in [2.45, 2.75) is 64.6 Å². The molecule has 0 bridgehead atoms. The molecule has 0 radical (unpaired) electrons. The number of aliphatic hydroxyl groups excluding tert-OH is 1. The van der Waals surface area contributed by atoms with Gasteiger partial charge >= 0.3 is 6.03 Å². The molecule has 1 saturated heterocycles. The number of amides is 3. The highest BCUT2D eigenvalue weighted by Gasteiger charge is 2.59. The molecular weight excluding hydrogens is 516 g/mol. The summed E-state index contributed by atoms with van der Waals surface area (Å²) in [7, 11) is 0. The molecule has 11 nitrogen and oxygen atoms in total. The lowest BCUT2D eigenvalue weighted by atomic mass is 9.81. The van der Waals surface area contributed by atoms with Crippen LogP contribution < -0.4 is 5.32 Å². The van der Waals surface area contributed by atoms with Crippen molar-refractivity contribution in [1.82, 2.24) is 15.1 Å². The summed E-state index contributed by atoms with van der Waals surface area (Å²) in [5.74, 6) is -1.96. The number of carbonyl (C=O) groups excluding carboxylic acids is 4. The smallest absolute Gasteiger partial charge is 0.350 e. The van der Waals surface area contributed by atoms with Crippen molar-refractivity contribution >= 4 is 29.5 Å². The van der Waals surface area contributed by atoms with E-state index in [0.29, 0.717) is 29.7 Å². The normalized spacial score (nSPS) is 23.6. The van der Waals surface area contributed by atoms with Crippen LogP contribution in [-0.4, -0.2) is 80.6 Å². The van der Waals surface area contributed by atoms with Crippen LogP contribution in [0.25, 0.3) is 0 Å². The van der Waals surface area contributed by atoms with Gasteiger partial charge in [0.25, 0.3) is 0 Å². The van der Waals surface area contributed by atoms with Crippen LogP contribution in [0.1, 0.15) is 59.8 Å². The van der Waals surface area contributed by atoms with Crippen LogP contribution in [0.2, 0.25) is 0 Å². The van der Waals surface area contributed by atoms with E-state index in [9.17, 15) is 29.4 Å². The topological polar surface area (TPSA) is 149 Å². The number of nitrogens with one attached hydrogen (secondary N) is 1. The summed E-state index contributed by atoms with van der Waals surface area (Å²) in [6, 6.07) is 12.6. The molecule has 2 heterocycles. The average Bonchev–Trinajstić information content (AvgIpc) is 3.27. The van der Waals surface area contributed by atoms with Crippen LogP contribution in [0.5, 0.6) is 0 Å². The first-order valence-corrected chi connectivity index (χ1v) is 13.1. The first-order valence-electron chi connectivity index (χ1n) is 13.1. The van der Waals surface area contributed by atoms with E-state index in [1.165, 1.54) is 11.8 Å². The number of Topliss-reactive ketones (excluding diaryl/α,β-unsaturated/α-hetero) is 2. The standard InChI is InChI=1S/C29H34N4O7/c1-5-14-32-16-33(28(38)31-27(32)30-19(4)34)22-15-29(39,25(37)21-13-9-7-11-18(21)3)26(40-22)24(36)23(35)20-12-8-6-10-17(20)2/h6-13,22-23,26,35,39H,5,14-16H2,1-4H3,(H,30,31,34,38)/t22-,23?,26-,29-/m1/s1. The van der Waals surface area contributed by atoms with Crippen molar-refractivity contribution < 1.29 is 34.1 Å². The number of nitrogens with zero attached hydrogens (tertiary/aromatic N) is 3. The monoisotopic (exact) mass is 550 g/mol. The van der Waals surface area contributed by atoms with Gasteiger partial charge < -0.3 is 19.8 Å². The number of aliphatic hydroxyl groups is 2. The molecular formula is C29H34N4O7. The molecule has 0 aromatic heterocycles. The number of guanidine groups is 1. The Morgan fingerprint density at radius 3 is 2.40 bits per heavy atom. The molecule has 2 aromatic rings. The minimum Gasteiger partial charge on any atom is -0.380 e. The molecule has 2 aliphatic rings. The van der Waals surface area contributed by atoms with Gasteiger partial charge in [-0.15, -0.1) is 0 Å². The number of aliphatic imine (C=N–C) groups is 1. The Kier molecular flexibility index (Phi) is 8.48. The Hall–Kier alpha value is -3.93. The third-order valence-electron chi connectivity index (χ3n) is 7.21. The fourth-order valence-electron chi connectivity index (χ4n) is 5.10. The lowest BCUT2D eigenvalue weighted by Gasteiger charge is -2.37. The Bertz CT molecular complexity index is 1360. The molecule has 4 atom stereocenters. The minimum atomic E-state index is -2.38. The maximum Gasteiger partial charge on any atom is 0.350 e. The van der Waals surface area contributed by atoms with Crippen molar-refractivity contribution in [2.24, 2.45) is 4.99 Å². The Balaban J connectivity index is 1.72. The molecule has 3 N–H and O–H groups in total. The molecule has 0 spiro atoms. The van der Waals surface area contributed by atoms with Crippen LogP contribution in [0.15, 0.2) is 53.5 Å². The van der Waals surface area contributed by atoms with Crippen molar-refractivity contribution in [3.63, 3.8) is 0 Å². The van der Waals surface area contributed by atoms with E-state index in [2.05, 4.69) is 10.3 Å². The predicted octanol–water partition coefficient (Wildman–Crippen LogP) is 2.23. The van der Waals surface area contributed by atoms with Crippen LogP contribution >= 0.6 is 0 Å². The van der Waals surface area contributed by atoms with Gasteiger partial charge in [-0.2, -0.15) is 4.99 Å². The number of urea groups is 1. The lowest BCUT2D eigenvalue weighted by Crippen LogP contribution is -2.56. The predicted molar refractivity (Wildman–Crippen MR) is 145 cm³/mol. The van der Waals surface area contributed by atoms with Gasteiger partial charge in [-0.05, 0) is 37.0 Å². The zero-order valence-corrected chi connectivity index (χ0v) is 23.0. The number of hydrogen-bond acceptors (Lipinski definition) is 8. The third-order valence-corrected chi connectivity index (χ3v) is 7.21. The molecule has 11 heteroatoms. The first-order chi connectivity index (χ1) is 19.0. The molecule has 212 valence electrons. The fraction of sp³-hybridized carbons (Fsp3) is 0.414. The van der Waals surface area contributed by atoms with Gasteiger partial charge in [0.1, 0.15) is 19.0 Å².